The van der Waals surface area contributed by atoms with Gasteiger partial charge >= 0.3 is 0 Å². The SMILES string of the molecule is C=C/C=C/c1ccc(Oc2ccc(/C=C/C=C)cc2)cc1. The van der Waals surface area contributed by atoms with E-state index in [-0.39, 0.29) is 0 Å². The van der Waals surface area contributed by atoms with Crippen molar-refractivity contribution in [1.82, 2.24) is 0 Å². The van der Waals surface area contributed by atoms with E-state index in [1.165, 1.54) is 0 Å². The van der Waals surface area contributed by atoms with E-state index in [0.717, 1.165) is 22.6 Å². The van der Waals surface area contributed by atoms with Crippen LogP contribution < -0.4 is 4.74 Å². The highest BCUT2D eigenvalue weighted by molar-refractivity contribution is 5.53. The predicted molar refractivity (Wildman–Crippen MR) is 91.4 cm³/mol. The molecule has 1 heteroatoms. The summed E-state index contributed by atoms with van der Waals surface area (Å²) in [5, 5.41) is 0. The number of allylic oxidation sites excluding steroid dienone is 4. The Morgan fingerprint density at radius 1 is 0.619 bits per heavy atom. The Balaban J connectivity index is 2.04. The van der Waals surface area contributed by atoms with Crippen molar-refractivity contribution < 1.29 is 4.74 Å². The minimum absolute atomic E-state index is 0.820. The normalized spacial score (nSPS) is 10.9. The van der Waals surface area contributed by atoms with Crippen LogP contribution in [0.5, 0.6) is 11.5 Å². The third-order valence-corrected chi connectivity index (χ3v) is 2.85. The van der Waals surface area contributed by atoms with Crippen molar-refractivity contribution in [2.75, 3.05) is 0 Å². The summed E-state index contributed by atoms with van der Waals surface area (Å²) in [6.45, 7) is 7.31. The molecule has 2 rings (SSSR count). The van der Waals surface area contributed by atoms with Crippen LogP contribution in [0.25, 0.3) is 12.2 Å². The molecule has 0 amide bonds. The molecular formula is C20H18O. The maximum Gasteiger partial charge on any atom is 0.127 e. The lowest BCUT2D eigenvalue weighted by Gasteiger charge is -2.06. The summed E-state index contributed by atoms with van der Waals surface area (Å²) in [6, 6.07) is 15.9. The Labute approximate surface area is 126 Å². The number of rotatable bonds is 6. The minimum Gasteiger partial charge on any atom is -0.457 e. The zero-order valence-electron chi connectivity index (χ0n) is 11.9. The van der Waals surface area contributed by atoms with Gasteiger partial charge in [-0.15, -0.1) is 0 Å². The van der Waals surface area contributed by atoms with Crippen LogP contribution in [0, 0.1) is 0 Å². The van der Waals surface area contributed by atoms with Crippen molar-refractivity contribution in [1.29, 1.82) is 0 Å². The first-order chi connectivity index (χ1) is 10.3. The summed E-state index contributed by atoms with van der Waals surface area (Å²) in [5.41, 5.74) is 2.24. The highest BCUT2D eigenvalue weighted by Gasteiger charge is 1.97. The summed E-state index contributed by atoms with van der Waals surface area (Å²) >= 11 is 0. The van der Waals surface area contributed by atoms with Crippen molar-refractivity contribution in [3.8, 4) is 11.5 Å². The molecule has 0 aliphatic carbocycles. The van der Waals surface area contributed by atoms with E-state index in [9.17, 15) is 0 Å². The molecule has 0 spiro atoms. The molecule has 0 aromatic heterocycles. The molecule has 0 unspecified atom stereocenters. The lowest BCUT2D eigenvalue weighted by molar-refractivity contribution is 0.482. The molecule has 0 atom stereocenters. The third-order valence-electron chi connectivity index (χ3n) is 2.85. The Bertz CT molecular complexity index is 584. The van der Waals surface area contributed by atoms with Crippen LogP contribution in [0.4, 0.5) is 0 Å². The van der Waals surface area contributed by atoms with Crippen molar-refractivity contribution in [3.63, 3.8) is 0 Å². The Morgan fingerprint density at radius 3 is 1.33 bits per heavy atom. The van der Waals surface area contributed by atoms with E-state index in [2.05, 4.69) is 13.2 Å². The Hall–Kier alpha value is -2.80. The fourth-order valence-electron chi connectivity index (χ4n) is 1.79. The quantitative estimate of drug-likeness (QED) is 0.598. The number of hydrogen-bond donors (Lipinski definition) is 0. The molecule has 0 radical (unpaired) electrons. The van der Waals surface area contributed by atoms with E-state index < -0.39 is 0 Å². The second-order valence-corrected chi connectivity index (χ2v) is 4.43. The molecule has 0 saturated carbocycles. The topological polar surface area (TPSA) is 9.23 Å². The predicted octanol–water partition coefficient (Wildman–Crippen LogP) is 5.88. The van der Waals surface area contributed by atoms with Crippen LogP contribution in [0.1, 0.15) is 11.1 Å². The van der Waals surface area contributed by atoms with E-state index >= 15 is 0 Å². The molecule has 104 valence electrons. The van der Waals surface area contributed by atoms with E-state index in [1.807, 2.05) is 72.8 Å². The van der Waals surface area contributed by atoms with Gasteiger partial charge in [0.2, 0.25) is 0 Å². The first kappa shape index (κ1) is 14.6. The van der Waals surface area contributed by atoms with E-state index in [0.29, 0.717) is 0 Å². The van der Waals surface area contributed by atoms with Gasteiger partial charge < -0.3 is 4.74 Å². The molecule has 0 aliphatic heterocycles. The number of hydrogen-bond acceptors (Lipinski definition) is 1. The Morgan fingerprint density at radius 2 is 1.00 bits per heavy atom. The highest BCUT2D eigenvalue weighted by atomic mass is 16.5. The molecule has 1 nitrogen and oxygen atoms in total. The van der Waals surface area contributed by atoms with Gasteiger partial charge in [-0.2, -0.15) is 0 Å². The average Bonchev–Trinajstić information content (AvgIpc) is 2.53. The molecule has 2 aromatic carbocycles. The fourth-order valence-corrected chi connectivity index (χ4v) is 1.79. The van der Waals surface area contributed by atoms with Crippen LogP contribution in [-0.2, 0) is 0 Å². The number of ether oxygens (including phenoxy) is 1. The zero-order valence-corrected chi connectivity index (χ0v) is 11.9. The molecule has 0 saturated heterocycles. The average molecular weight is 274 g/mol. The summed E-state index contributed by atoms with van der Waals surface area (Å²) < 4.78 is 5.81. The van der Waals surface area contributed by atoms with Gasteiger partial charge in [0.15, 0.2) is 0 Å². The molecule has 21 heavy (non-hydrogen) atoms. The first-order valence-electron chi connectivity index (χ1n) is 6.78. The largest absolute Gasteiger partial charge is 0.457 e. The lowest BCUT2D eigenvalue weighted by Crippen LogP contribution is -1.84. The van der Waals surface area contributed by atoms with Crippen LogP contribution in [0.2, 0.25) is 0 Å². The van der Waals surface area contributed by atoms with Crippen molar-refractivity contribution in [2.45, 2.75) is 0 Å². The van der Waals surface area contributed by atoms with Gasteiger partial charge in [-0.3, -0.25) is 0 Å². The highest BCUT2D eigenvalue weighted by Crippen LogP contribution is 2.22. The van der Waals surface area contributed by atoms with Gasteiger partial charge in [-0.05, 0) is 35.4 Å². The van der Waals surface area contributed by atoms with Crippen LogP contribution in [-0.4, -0.2) is 0 Å². The van der Waals surface area contributed by atoms with Gasteiger partial charge in [0.1, 0.15) is 11.5 Å². The lowest BCUT2D eigenvalue weighted by atomic mass is 10.2. The molecule has 0 heterocycles. The van der Waals surface area contributed by atoms with E-state index in [4.69, 9.17) is 4.74 Å². The van der Waals surface area contributed by atoms with E-state index in [1.54, 1.807) is 12.2 Å². The van der Waals surface area contributed by atoms with Gasteiger partial charge in [0, 0.05) is 0 Å². The summed E-state index contributed by atoms with van der Waals surface area (Å²) in [6.07, 6.45) is 11.3. The van der Waals surface area contributed by atoms with Crippen LogP contribution in [0.3, 0.4) is 0 Å². The van der Waals surface area contributed by atoms with Gasteiger partial charge in [0.25, 0.3) is 0 Å². The van der Waals surface area contributed by atoms with Gasteiger partial charge in [-0.25, -0.2) is 0 Å². The smallest absolute Gasteiger partial charge is 0.127 e. The molecular weight excluding hydrogens is 256 g/mol. The minimum atomic E-state index is 0.820. The molecule has 0 aliphatic rings. The van der Waals surface area contributed by atoms with Crippen molar-refractivity contribution >= 4 is 12.2 Å². The van der Waals surface area contributed by atoms with Crippen molar-refractivity contribution in [3.05, 3.63) is 97.1 Å². The number of benzene rings is 2. The monoisotopic (exact) mass is 274 g/mol. The van der Waals surface area contributed by atoms with Crippen LogP contribution in [0.15, 0.2) is 86.0 Å². The van der Waals surface area contributed by atoms with Gasteiger partial charge in [-0.1, -0.05) is 73.9 Å². The second kappa shape index (κ2) is 7.71. The fraction of sp³-hybridized carbons (Fsp3) is 0. The van der Waals surface area contributed by atoms with Gasteiger partial charge in [0.05, 0.1) is 0 Å². The maximum atomic E-state index is 5.81. The third kappa shape index (κ3) is 4.66. The summed E-state index contributed by atoms with van der Waals surface area (Å²) in [5.74, 6) is 1.64. The molecule has 2 aromatic rings. The first-order valence-corrected chi connectivity index (χ1v) is 6.78. The van der Waals surface area contributed by atoms with Crippen LogP contribution >= 0.6 is 0 Å². The molecule has 0 N–H and O–H groups in total. The standard InChI is InChI=1S/C20H18O/c1-3-5-7-17-9-13-19(14-10-17)21-20-15-11-18(12-16-20)8-6-4-2/h3-16H,1-2H2/b7-5+,8-6+. The maximum absolute atomic E-state index is 5.81. The molecule has 0 fully saturated rings. The zero-order chi connectivity index (χ0) is 14.9. The second-order valence-electron chi connectivity index (χ2n) is 4.43. The van der Waals surface area contributed by atoms with Crippen molar-refractivity contribution in [2.24, 2.45) is 0 Å². The molecule has 0 bridgehead atoms. The Kier molecular flexibility index (Phi) is 5.36. The summed E-state index contributed by atoms with van der Waals surface area (Å²) in [4.78, 5) is 0. The summed E-state index contributed by atoms with van der Waals surface area (Å²) in [7, 11) is 0.